The number of carbonyl (C=O) groups excluding carboxylic acids is 2. The molecular formula is C19H17ClN2O3S. The molecule has 134 valence electrons. The molecule has 0 radical (unpaired) electrons. The molecule has 0 saturated heterocycles. The van der Waals surface area contributed by atoms with Crippen LogP contribution in [0.2, 0.25) is 5.15 Å². The zero-order valence-corrected chi connectivity index (χ0v) is 16.1. The topological polar surface area (TPSA) is 61.2 Å². The molecule has 0 aliphatic rings. The van der Waals surface area contributed by atoms with Crippen LogP contribution in [-0.4, -0.2) is 27.6 Å². The molecule has 0 unspecified atom stereocenters. The third kappa shape index (κ3) is 3.76. The van der Waals surface area contributed by atoms with Gasteiger partial charge in [-0.1, -0.05) is 17.7 Å². The first-order valence-corrected chi connectivity index (χ1v) is 9.47. The number of thioether (sulfide) groups is 1. The van der Waals surface area contributed by atoms with Gasteiger partial charge in [0.15, 0.2) is 5.78 Å². The molecule has 3 aromatic rings. The Morgan fingerprint density at radius 1 is 1.27 bits per heavy atom. The molecule has 0 spiro atoms. The molecule has 0 saturated carbocycles. The van der Waals surface area contributed by atoms with Gasteiger partial charge in [-0.3, -0.25) is 4.79 Å². The second-order valence-electron chi connectivity index (χ2n) is 5.85. The van der Waals surface area contributed by atoms with E-state index in [2.05, 4.69) is 4.98 Å². The van der Waals surface area contributed by atoms with Crippen LogP contribution in [0.3, 0.4) is 0 Å². The van der Waals surface area contributed by atoms with E-state index in [0.29, 0.717) is 22.0 Å². The third-order valence-electron chi connectivity index (χ3n) is 4.03. The van der Waals surface area contributed by atoms with E-state index >= 15 is 0 Å². The van der Waals surface area contributed by atoms with Gasteiger partial charge < -0.3 is 9.30 Å². The lowest BCUT2D eigenvalue weighted by Crippen LogP contribution is -2.10. The number of esters is 1. The fourth-order valence-electron chi connectivity index (χ4n) is 2.57. The minimum Gasteiger partial charge on any atom is -0.456 e. The minimum atomic E-state index is -0.520. The van der Waals surface area contributed by atoms with Crippen LogP contribution in [0.25, 0.3) is 10.9 Å². The Kier molecular flexibility index (Phi) is 5.34. The Morgan fingerprint density at radius 3 is 2.69 bits per heavy atom. The quantitative estimate of drug-likeness (QED) is 0.278. The number of pyridine rings is 1. The van der Waals surface area contributed by atoms with Gasteiger partial charge in [0.25, 0.3) is 0 Å². The summed E-state index contributed by atoms with van der Waals surface area (Å²) in [4.78, 5) is 29.2. The lowest BCUT2D eigenvalue weighted by molar-refractivity contribution is 0.0461. The van der Waals surface area contributed by atoms with Crippen LogP contribution in [-0.2, 0) is 18.4 Å². The average molecular weight is 389 g/mol. The molecule has 0 bridgehead atoms. The molecule has 0 atom stereocenters. The van der Waals surface area contributed by atoms with E-state index in [-0.39, 0.29) is 12.4 Å². The van der Waals surface area contributed by atoms with Gasteiger partial charge >= 0.3 is 5.97 Å². The second kappa shape index (κ2) is 7.51. The van der Waals surface area contributed by atoms with Gasteiger partial charge in [-0.15, -0.1) is 11.8 Å². The predicted molar refractivity (Wildman–Crippen MR) is 103 cm³/mol. The summed E-state index contributed by atoms with van der Waals surface area (Å²) in [5, 5.41) is 1.23. The van der Waals surface area contributed by atoms with E-state index < -0.39 is 5.97 Å². The largest absolute Gasteiger partial charge is 0.456 e. The summed E-state index contributed by atoms with van der Waals surface area (Å²) in [6.45, 7) is 1.46. The van der Waals surface area contributed by atoms with Gasteiger partial charge in [0.2, 0.25) is 0 Å². The van der Waals surface area contributed by atoms with E-state index in [1.165, 1.54) is 13.0 Å². The molecular weight excluding hydrogens is 372 g/mol. The van der Waals surface area contributed by atoms with Crippen molar-refractivity contribution in [1.29, 1.82) is 0 Å². The zero-order valence-electron chi connectivity index (χ0n) is 14.6. The Morgan fingerprint density at radius 2 is 2.04 bits per heavy atom. The Hall–Kier alpha value is -2.31. The number of fused-ring (bicyclic) bond motifs is 1. The lowest BCUT2D eigenvalue weighted by atomic mass is 10.1. The van der Waals surface area contributed by atoms with Crippen molar-refractivity contribution < 1.29 is 14.3 Å². The molecule has 3 rings (SSSR count). The molecule has 2 aromatic heterocycles. The first-order valence-electron chi connectivity index (χ1n) is 7.86. The van der Waals surface area contributed by atoms with Crippen molar-refractivity contribution in [3.63, 3.8) is 0 Å². The van der Waals surface area contributed by atoms with E-state index in [4.69, 9.17) is 16.3 Å². The summed E-state index contributed by atoms with van der Waals surface area (Å²) in [7, 11) is 1.69. The first kappa shape index (κ1) is 18.5. The Labute approximate surface area is 160 Å². The monoisotopic (exact) mass is 388 g/mol. The van der Waals surface area contributed by atoms with Gasteiger partial charge in [0, 0.05) is 34.7 Å². The van der Waals surface area contributed by atoms with E-state index in [9.17, 15) is 9.59 Å². The number of hydrogen-bond acceptors (Lipinski definition) is 5. The molecule has 0 amide bonds. The fourth-order valence-corrected chi connectivity index (χ4v) is 3.21. The Balaban J connectivity index is 1.80. The number of carbonyl (C=O) groups is 2. The van der Waals surface area contributed by atoms with Gasteiger partial charge in [-0.25, -0.2) is 9.78 Å². The van der Waals surface area contributed by atoms with Gasteiger partial charge in [0.05, 0.1) is 5.52 Å². The molecule has 1 aromatic carbocycles. The van der Waals surface area contributed by atoms with Crippen molar-refractivity contribution >= 4 is 46.0 Å². The molecule has 0 aliphatic carbocycles. The van der Waals surface area contributed by atoms with E-state index in [0.717, 1.165) is 15.8 Å². The SMILES string of the molecule is CSc1ccc2cc(COC(=O)c3cc(C(C)=O)cn3C)c(Cl)nc2c1. The fraction of sp³-hybridized carbons (Fsp3) is 0.211. The molecule has 5 nitrogen and oxygen atoms in total. The number of hydrogen-bond donors (Lipinski definition) is 0. The van der Waals surface area contributed by atoms with Crippen LogP contribution < -0.4 is 0 Å². The summed E-state index contributed by atoms with van der Waals surface area (Å²) in [5.41, 5.74) is 2.20. The van der Waals surface area contributed by atoms with Crippen LogP contribution in [0, 0.1) is 0 Å². The van der Waals surface area contributed by atoms with Gasteiger partial charge in [-0.2, -0.15) is 0 Å². The zero-order chi connectivity index (χ0) is 18.8. The first-order chi connectivity index (χ1) is 12.4. The smallest absolute Gasteiger partial charge is 0.355 e. The predicted octanol–water partition coefficient (Wildman–Crippen LogP) is 4.51. The van der Waals surface area contributed by atoms with Gasteiger partial charge in [-0.05, 0) is 37.4 Å². The maximum atomic E-state index is 12.3. The van der Waals surface area contributed by atoms with Gasteiger partial charge in [0.1, 0.15) is 17.5 Å². The van der Waals surface area contributed by atoms with Crippen LogP contribution in [0.1, 0.15) is 33.3 Å². The third-order valence-corrected chi connectivity index (χ3v) is 5.08. The molecule has 2 heterocycles. The number of halogens is 1. The molecule has 0 aliphatic heterocycles. The number of aromatic nitrogens is 2. The van der Waals surface area contributed by atoms with Crippen molar-refractivity contribution in [1.82, 2.24) is 9.55 Å². The summed E-state index contributed by atoms with van der Waals surface area (Å²) in [6, 6.07) is 9.33. The highest BCUT2D eigenvalue weighted by atomic mass is 35.5. The number of ether oxygens (including phenoxy) is 1. The summed E-state index contributed by atoms with van der Waals surface area (Å²) in [6.07, 6.45) is 3.60. The molecule has 0 fully saturated rings. The van der Waals surface area contributed by atoms with Crippen LogP contribution in [0.4, 0.5) is 0 Å². The summed E-state index contributed by atoms with van der Waals surface area (Å²) >= 11 is 7.88. The number of rotatable bonds is 5. The van der Waals surface area contributed by atoms with Crippen molar-refractivity contribution in [2.24, 2.45) is 7.05 Å². The van der Waals surface area contributed by atoms with Crippen LogP contribution in [0.15, 0.2) is 41.4 Å². The number of aryl methyl sites for hydroxylation is 1. The molecule has 0 N–H and O–H groups in total. The van der Waals surface area contributed by atoms with Crippen LogP contribution in [0.5, 0.6) is 0 Å². The van der Waals surface area contributed by atoms with Crippen LogP contribution >= 0.6 is 23.4 Å². The molecule has 7 heteroatoms. The number of benzene rings is 1. The minimum absolute atomic E-state index is 0.00543. The number of ketones is 1. The van der Waals surface area contributed by atoms with E-state index in [1.807, 2.05) is 30.5 Å². The highest BCUT2D eigenvalue weighted by Crippen LogP contribution is 2.25. The standard InChI is InChI=1S/C19H17ClN2O3S/c1-11(23)13-7-17(22(2)9-13)19(24)25-10-14-6-12-4-5-15(26-3)8-16(12)21-18(14)20/h4-9H,10H2,1-3H3. The second-order valence-corrected chi connectivity index (χ2v) is 7.09. The highest BCUT2D eigenvalue weighted by molar-refractivity contribution is 7.98. The average Bonchev–Trinajstić information content (AvgIpc) is 3.01. The molecule has 26 heavy (non-hydrogen) atoms. The van der Waals surface area contributed by atoms with Crippen molar-refractivity contribution in [3.8, 4) is 0 Å². The number of nitrogens with zero attached hydrogens (tertiary/aromatic N) is 2. The van der Waals surface area contributed by atoms with Crippen molar-refractivity contribution in [3.05, 3.63) is 58.5 Å². The summed E-state index contributed by atoms with van der Waals surface area (Å²) in [5.74, 6) is -0.625. The summed E-state index contributed by atoms with van der Waals surface area (Å²) < 4.78 is 6.94. The highest BCUT2D eigenvalue weighted by Gasteiger charge is 2.16. The number of Topliss-reactive ketones (excluding diaryl/α,β-unsaturated/α-hetero) is 1. The maximum Gasteiger partial charge on any atom is 0.355 e. The Bertz CT molecular complexity index is 1010. The normalized spacial score (nSPS) is 10.9. The lowest BCUT2D eigenvalue weighted by Gasteiger charge is -2.09. The maximum absolute atomic E-state index is 12.3. The van der Waals surface area contributed by atoms with Crippen molar-refractivity contribution in [2.45, 2.75) is 18.4 Å². The van der Waals surface area contributed by atoms with Crippen molar-refractivity contribution in [2.75, 3.05) is 6.26 Å². The van der Waals surface area contributed by atoms with E-state index in [1.54, 1.807) is 29.6 Å².